The lowest BCUT2D eigenvalue weighted by Crippen LogP contribution is -2.26. The van der Waals surface area contributed by atoms with Gasteiger partial charge in [0.15, 0.2) is 0 Å². The summed E-state index contributed by atoms with van der Waals surface area (Å²) in [5.41, 5.74) is 0. The van der Waals surface area contributed by atoms with E-state index in [4.69, 9.17) is 0 Å². The third kappa shape index (κ3) is 4.06. The number of aromatic nitrogens is 3. The van der Waals surface area contributed by atoms with Crippen LogP contribution >= 0.6 is 11.8 Å². The molecule has 1 aromatic heterocycles. The Morgan fingerprint density at radius 1 is 1.45 bits per heavy atom. The second-order valence-corrected chi connectivity index (χ2v) is 5.35. The summed E-state index contributed by atoms with van der Waals surface area (Å²) < 4.78 is 13.4. The van der Waals surface area contributed by atoms with Gasteiger partial charge in [-0.3, -0.25) is 9.89 Å². The molecule has 7 heteroatoms. The standard InChI is InChI=1S/C13H15FN4OS/c1-18(8-12-15-9-16-17-12)13(19)6-7-20-11-5-3-2-4-10(11)14/h2-5,9H,6-8H2,1H3,(H,15,16,17). The fourth-order valence-corrected chi connectivity index (χ4v) is 2.50. The van der Waals surface area contributed by atoms with Crippen LogP contribution in [0.25, 0.3) is 0 Å². The van der Waals surface area contributed by atoms with Gasteiger partial charge in [-0.2, -0.15) is 5.10 Å². The molecule has 0 fully saturated rings. The van der Waals surface area contributed by atoms with Gasteiger partial charge >= 0.3 is 0 Å². The van der Waals surface area contributed by atoms with Gasteiger partial charge in [0.25, 0.3) is 0 Å². The summed E-state index contributed by atoms with van der Waals surface area (Å²) in [6.45, 7) is 0.392. The van der Waals surface area contributed by atoms with Crippen LogP contribution < -0.4 is 0 Å². The van der Waals surface area contributed by atoms with Crippen molar-refractivity contribution in [1.29, 1.82) is 0 Å². The van der Waals surface area contributed by atoms with Gasteiger partial charge < -0.3 is 4.90 Å². The largest absolute Gasteiger partial charge is 0.338 e. The average Bonchev–Trinajstić information content (AvgIpc) is 2.93. The molecule has 1 heterocycles. The molecule has 1 N–H and O–H groups in total. The number of halogens is 1. The Morgan fingerprint density at radius 3 is 2.95 bits per heavy atom. The van der Waals surface area contributed by atoms with E-state index in [0.29, 0.717) is 29.4 Å². The van der Waals surface area contributed by atoms with Crippen LogP contribution in [-0.4, -0.2) is 38.8 Å². The van der Waals surface area contributed by atoms with Crippen molar-refractivity contribution >= 4 is 17.7 Å². The summed E-state index contributed by atoms with van der Waals surface area (Å²) >= 11 is 1.34. The zero-order valence-electron chi connectivity index (χ0n) is 11.0. The summed E-state index contributed by atoms with van der Waals surface area (Å²) in [4.78, 5) is 18.0. The minimum absolute atomic E-state index is 0.00904. The van der Waals surface area contributed by atoms with Gasteiger partial charge in [-0.05, 0) is 12.1 Å². The zero-order chi connectivity index (χ0) is 14.4. The lowest BCUT2D eigenvalue weighted by molar-refractivity contribution is -0.130. The zero-order valence-corrected chi connectivity index (χ0v) is 11.9. The molecule has 0 aliphatic heterocycles. The lowest BCUT2D eigenvalue weighted by atomic mass is 10.3. The Balaban J connectivity index is 1.76. The SMILES string of the molecule is CN(Cc1ncn[nH]1)C(=O)CCSc1ccccc1F. The van der Waals surface area contributed by atoms with E-state index in [9.17, 15) is 9.18 Å². The summed E-state index contributed by atoms with van der Waals surface area (Å²) in [5, 5.41) is 6.43. The number of nitrogens with one attached hydrogen (secondary N) is 1. The molecule has 2 aromatic rings. The van der Waals surface area contributed by atoms with Crippen molar-refractivity contribution in [3.05, 3.63) is 42.2 Å². The Bertz CT molecular complexity index is 561. The van der Waals surface area contributed by atoms with E-state index in [1.165, 1.54) is 24.2 Å². The number of thioether (sulfide) groups is 1. The van der Waals surface area contributed by atoms with E-state index in [0.717, 1.165) is 0 Å². The molecule has 0 spiro atoms. The number of carbonyl (C=O) groups excluding carboxylic acids is 1. The molecule has 0 unspecified atom stereocenters. The monoisotopic (exact) mass is 294 g/mol. The Labute approximate surface area is 120 Å². The van der Waals surface area contributed by atoms with Gasteiger partial charge in [0.05, 0.1) is 6.54 Å². The molecule has 0 aliphatic carbocycles. The first-order valence-corrected chi connectivity index (χ1v) is 7.11. The molecule has 20 heavy (non-hydrogen) atoms. The van der Waals surface area contributed by atoms with Crippen LogP contribution in [0.4, 0.5) is 4.39 Å². The van der Waals surface area contributed by atoms with Crippen molar-refractivity contribution in [2.24, 2.45) is 0 Å². The number of benzene rings is 1. The normalized spacial score (nSPS) is 10.5. The van der Waals surface area contributed by atoms with Crippen molar-refractivity contribution in [2.45, 2.75) is 17.9 Å². The molecule has 0 radical (unpaired) electrons. The molecule has 0 atom stereocenters. The van der Waals surface area contributed by atoms with Crippen LogP contribution in [-0.2, 0) is 11.3 Å². The molecule has 0 saturated heterocycles. The van der Waals surface area contributed by atoms with Crippen molar-refractivity contribution in [3.63, 3.8) is 0 Å². The average molecular weight is 294 g/mol. The first-order valence-electron chi connectivity index (χ1n) is 6.12. The number of hydrogen-bond acceptors (Lipinski definition) is 4. The highest BCUT2D eigenvalue weighted by atomic mass is 32.2. The minimum Gasteiger partial charge on any atom is -0.338 e. The van der Waals surface area contributed by atoms with Gasteiger partial charge in [0, 0.05) is 24.1 Å². The molecular weight excluding hydrogens is 279 g/mol. The van der Waals surface area contributed by atoms with Crippen LogP contribution in [0, 0.1) is 5.82 Å². The number of carbonyl (C=O) groups is 1. The maximum absolute atomic E-state index is 13.4. The van der Waals surface area contributed by atoms with E-state index in [1.54, 1.807) is 30.1 Å². The van der Waals surface area contributed by atoms with Crippen LogP contribution in [0.3, 0.4) is 0 Å². The smallest absolute Gasteiger partial charge is 0.223 e. The summed E-state index contributed by atoms with van der Waals surface area (Å²) in [6.07, 6.45) is 1.76. The van der Waals surface area contributed by atoms with Crippen LogP contribution in [0.1, 0.15) is 12.2 Å². The Hall–Kier alpha value is -1.89. The maximum atomic E-state index is 13.4. The van der Waals surface area contributed by atoms with Gasteiger partial charge in [0.1, 0.15) is 18.0 Å². The second-order valence-electron chi connectivity index (χ2n) is 4.21. The van der Waals surface area contributed by atoms with Crippen LogP contribution in [0.15, 0.2) is 35.5 Å². The van der Waals surface area contributed by atoms with E-state index < -0.39 is 0 Å². The van der Waals surface area contributed by atoms with Crippen molar-refractivity contribution in [3.8, 4) is 0 Å². The molecule has 1 amide bonds. The third-order valence-corrected chi connectivity index (χ3v) is 3.74. The van der Waals surface area contributed by atoms with E-state index in [1.807, 2.05) is 0 Å². The van der Waals surface area contributed by atoms with E-state index in [2.05, 4.69) is 15.2 Å². The second kappa shape index (κ2) is 7.04. The molecule has 1 aromatic carbocycles. The first kappa shape index (κ1) is 14.5. The van der Waals surface area contributed by atoms with Crippen molar-refractivity contribution in [2.75, 3.05) is 12.8 Å². The van der Waals surface area contributed by atoms with Gasteiger partial charge in [-0.15, -0.1) is 11.8 Å². The topological polar surface area (TPSA) is 61.9 Å². The molecule has 0 aliphatic rings. The number of rotatable bonds is 6. The van der Waals surface area contributed by atoms with Gasteiger partial charge in [-0.1, -0.05) is 12.1 Å². The quantitative estimate of drug-likeness (QED) is 0.829. The summed E-state index contributed by atoms with van der Waals surface area (Å²) in [7, 11) is 1.71. The fraction of sp³-hybridized carbons (Fsp3) is 0.308. The number of hydrogen-bond donors (Lipinski definition) is 1. The lowest BCUT2D eigenvalue weighted by Gasteiger charge is -2.15. The Kier molecular flexibility index (Phi) is 5.11. The highest BCUT2D eigenvalue weighted by Crippen LogP contribution is 2.21. The highest BCUT2D eigenvalue weighted by Gasteiger charge is 2.11. The molecule has 5 nitrogen and oxygen atoms in total. The van der Waals surface area contributed by atoms with Gasteiger partial charge in [0.2, 0.25) is 5.91 Å². The van der Waals surface area contributed by atoms with Crippen molar-refractivity contribution in [1.82, 2.24) is 20.1 Å². The minimum atomic E-state index is -0.250. The van der Waals surface area contributed by atoms with Crippen LogP contribution in [0.2, 0.25) is 0 Å². The first-order chi connectivity index (χ1) is 9.66. The highest BCUT2D eigenvalue weighted by molar-refractivity contribution is 7.99. The predicted octanol–water partition coefficient (Wildman–Crippen LogP) is 2.08. The molecule has 2 rings (SSSR count). The van der Waals surface area contributed by atoms with E-state index in [-0.39, 0.29) is 11.7 Å². The van der Waals surface area contributed by atoms with Crippen LogP contribution in [0.5, 0.6) is 0 Å². The molecule has 106 valence electrons. The Morgan fingerprint density at radius 2 is 2.25 bits per heavy atom. The summed E-state index contributed by atoms with van der Waals surface area (Å²) in [6, 6.07) is 6.56. The maximum Gasteiger partial charge on any atom is 0.223 e. The molecule has 0 bridgehead atoms. The third-order valence-electron chi connectivity index (χ3n) is 2.69. The number of nitrogens with zero attached hydrogens (tertiary/aromatic N) is 3. The molecule has 0 saturated carbocycles. The van der Waals surface area contributed by atoms with Crippen molar-refractivity contribution < 1.29 is 9.18 Å². The van der Waals surface area contributed by atoms with Gasteiger partial charge in [-0.25, -0.2) is 9.37 Å². The number of aromatic amines is 1. The molecular formula is C13H15FN4OS. The summed E-state index contributed by atoms with van der Waals surface area (Å²) in [5.74, 6) is 0.924. The number of H-pyrrole nitrogens is 1. The predicted molar refractivity (Wildman–Crippen MR) is 74.6 cm³/mol. The van der Waals surface area contributed by atoms with E-state index >= 15 is 0 Å². The fourth-order valence-electron chi connectivity index (χ4n) is 1.62. The number of amides is 1.